The van der Waals surface area contributed by atoms with E-state index in [1.54, 1.807) is 4.57 Å². The number of aliphatic hydroxyl groups is 1. The summed E-state index contributed by atoms with van der Waals surface area (Å²) in [5, 5.41) is 20.9. The average molecular weight is 500 g/mol. The van der Waals surface area contributed by atoms with Gasteiger partial charge in [-0.2, -0.15) is 5.26 Å². The van der Waals surface area contributed by atoms with E-state index >= 15 is 0 Å². The van der Waals surface area contributed by atoms with Gasteiger partial charge in [0.1, 0.15) is 5.82 Å². The maximum Gasteiger partial charge on any atom is 0.257 e. The van der Waals surface area contributed by atoms with Crippen molar-refractivity contribution >= 4 is 0 Å². The second-order valence-corrected chi connectivity index (χ2v) is 10.4. The van der Waals surface area contributed by atoms with Crippen molar-refractivity contribution in [3.8, 4) is 17.2 Å². The Morgan fingerprint density at radius 2 is 1.78 bits per heavy atom. The molecule has 1 aromatic heterocycles. The molecule has 0 spiro atoms. The first-order chi connectivity index (χ1) is 17.8. The highest BCUT2D eigenvalue weighted by Crippen LogP contribution is 2.30. The van der Waals surface area contributed by atoms with Crippen LogP contribution >= 0.6 is 0 Å². The van der Waals surface area contributed by atoms with Gasteiger partial charge in [0.15, 0.2) is 0 Å². The predicted molar refractivity (Wildman–Crippen MR) is 145 cm³/mol. The molecule has 2 aromatic carbocycles. The molecule has 0 bridgehead atoms. The molecule has 3 aromatic rings. The van der Waals surface area contributed by atoms with E-state index in [9.17, 15) is 15.2 Å². The van der Waals surface area contributed by atoms with Gasteiger partial charge in [-0.3, -0.25) is 9.36 Å². The van der Waals surface area contributed by atoms with Gasteiger partial charge in [0, 0.05) is 31.2 Å². The minimum atomic E-state index is -1.01. The lowest BCUT2D eigenvalue weighted by atomic mass is 9.87. The van der Waals surface area contributed by atoms with Crippen LogP contribution in [0.4, 0.5) is 0 Å². The molecule has 6 heteroatoms. The lowest BCUT2D eigenvalue weighted by Crippen LogP contribution is -2.48. The second kappa shape index (κ2) is 11.4. The van der Waals surface area contributed by atoms with Crippen LogP contribution in [-0.2, 0) is 30.5 Å². The van der Waals surface area contributed by atoms with E-state index in [0.29, 0.717) is 36.8 Å². The van der Waals surface area contributed by atoms with Crippen LogP contribution in [0.2, 0.25) is 0 Å². The third-order valence-corrected chi connectivity index (χ3v) is 7.18. The zero-order valence-corrected chi connectivity index (χ0v) is 22.3. The number of nitriles is 1. The molecule has 2 heterocycles. The lowest BCUT2D eigenvalue weighted by molar-refractivity contribution is -0.138. The Hall–Kier alpha value is -3.27. The number of ether oxygens (including phenoxy) is 1. The molecule has 1 N–H and O–H groups in total. The number of hydrogen-bond donors (Lipinski definition) is 1. The number of aryl methyl sites for hydroxylation is 2. The molecule has 1 saturated heterocycles. The van der Waals surface area contributed by atoms with E-state index in [-0.39, 0.29) is 24.3 Å². The van der Waals surface area contributed by atoms with Crippen LogP contribution in [-0.4, -0.2) is 32.5 Å². The maximum absolute atomic E-state index is 13.9. The van der Waals surface area contributed by atoms with Crippen LogP contribution < -0.4 is 5.56 Å². The van der Waals surface area contributed by atoms with Crippen molar-refractivity contribution in [3.05, 3.63) is 87.1 Å². The first kappa shape index (κ1) is 26.8. The molecule has 4 rings (SSSR count). The van der Waals surface area contributed by atoms with Crippen LogP contribution in [0.5, 0.6) is 0 Å². The summed E-state index contributed by atoms with van der Waals surface area (Å²) in [5.41, 5.74) is 3.99. The largest absolute Gasteiger partial charge is 0.388 e. The zero-order valence-electron chi connectivity index (χ0n) is 22.3. The molecule has 0 aliphatic carbocycles. The fourth-order valence-electron chi connectivity index (χ4n) is 5.65. The highest BCUT2D eigenvalue weighted by molar-refractivity contribution is 5.70. The zero-order chi connectivity index (χ0) is 26.6. The summed E-state index contributed by atoms with van der Waals surface area (Å²) in [6.45, 7) is 8.26. The van der Waals surface area contributed by atoms with Gasteiger partial charge in [0.2, 0.25) is 0 Å². The van der Waals surface area contributed by atoms with Crippen LogP contribution in [0.3, 0.4) is 0 Å². The highest BCUT2D eigenvalue weighted by atomic mass is 16.5. The molecule has 0 radical (unpaired) electrons. The number of hydrogen-bond acceptors (Lipinski definition) is 5. The topological polar surface area (TPSA) is 88.1 Å². The van der Waals surface area contributed by atoms with E-state index < -0.39 is 5.60 Å². The molecule has 6 nitrogen and oxygen atoms in total. The molecule has 1 aliphatic rings. The Morgan fingerprint density at radius 1 is 1.11 bits per heavy atom. The second-order valence-electron chi connectivity index (χ2n) is 10.4. The van der Waals surface area contributed by atoms with Crippen LogP contribution in [0.1, 0.15) is 75.2 Å². The minimum Gasteiger partial charge on any atom is -0.388 e. The molecular weight excluding hydrogens is 462 g/mol. The van der Waals surface area contributed by atoms with Gasteiger partial charge >= 0.3 is 0 Å². The molecule has 1 fully saturated rings. The number of nitrogens with zero attached hydrogens (tertiary/aromatic N) is 3. The highest BCUT2D eigenvalue weighted by Gasteiger charge is 2.38. The van der Waals surface area contributed by atoms with Crippen molar-refractivity contribution in [2.75, 3.05) is 0 Å². The Labute approximate surface area is 219 Å². The van der Waals surface area contributed by atoms with Crippen molar-refractivity contribution in [2.24, 2.45) is 0 Å². The van der Waals surface area contributed by atoms with Gasteiger partial charge in [-0.1, -0.05) is 62.7 Å². The molecule has 37 heavy (non-hydrogen) atoms. The Kier molecular flexibility index (Phi) is 8.26. The van der Waals surface area contributed by atoms with Gasteiger partial charge in [-0.25, -0.2) is 4.98 Å². The Bertz CT molecular complexity index is 1330. The molecule has 194 valence electrons. The maximum atomic E-state index is 13.9. The van der Waals surface area contributed by atoms with Crippen LogP contribution in [0.15, 0.2) is 53.3 Å². The third-order valence-electron chi connectivity index (χ3n) is 7.18. The van der Waals surface area contributed by atoms with Crippen LogP contribution in [0, 0.1) is 11.3 Å². The fraction of sp³-hybridized carbons (Fsp3) is 0.452. The first-order valence-electron chi connectivity index (χ1n) is 13.3. The molecule has 0 saturated carbocycles. The summed E-state index contributed by atoms with van der Waals surface area (Å²) in [4.78, 5) is 18.9. The van der Waals surface area contributed by atoms with E-state index in [2.05, 4.69) is 13.0 Å². The molecular formula is C31H37N3O3. The molecule has 0 unspecified atom stereocenters. The van der Waals surface area contributed by atoms with Crippen molar-refractivity contribution in [2.45, 2.75) is 90.6 Å². The van der Waals surface area contributed by atoms with E-state index in [1.807, 2.05) is 69.3 Å². The SMILES string of the molecule is CCCc1nc(CC)n(C[C@@]2(O)C[C@@H](C)O[C@@H](C)C2)c(=O)c1Cc1ccc(-c2ccccc2C#N)cc1. The van der Waals surface area contributed by atoms with Crippen LogP contribution in [0.25, 0.3) is 11.1 Å². The van der Waals surface area contributed by atoms with Crippen molar-refractivity contribution in [1.82, 2.24) is 9.55 Å². The monoisotopic (exact) mass is 499 g/mol. The number of aromatic nitrogens is 2. The first-order valence-corrected chi connectivity index (χ1v) is 13.3. The quantitative estimate of drug-likeness (QED) is 0.460. The van der Waals surface area contributed by atoms with E-state index in [4.69, 9.17) is 9.72 Å². The third kappa shape index (κ3) is 6.01. The molecule has 1 aliphatic heterocycles. The Balaban J connectivity index is 1.70. The summed E-state index contributed by atoms with van der Waals surface area (Å²) < 4.78 is 7.54. The average Bonchev–Trinajstić information content (AvgIpc) is 2.87. The van der Waals surface area contributed by atoms with Gasteiger partial charge in [-0.15, -0.1) is 0 Å². The smallest absolute Gasteiger partial charge is 0.257 e. The van der Waals surface area contributed by atoms with Crippen molar-refractivity contribution < 1.29 is 9.84 Å². The van der Waals surface area contributed by atoms with Gasteiger partial charge in [0.25, 0.3) is 5.56 Å². The summed E-state index contributed by atoms with van der Waals surface area (Å²) >= 11 is 0. The van der Waals surface area contributed by atoms with Gasteiger partial charge in [0.05, 0.1) is 41.7 Å². The molecule has 0 amide bonds. The normalized spacial score (nSPS) is 21.5. The van der Waals surface area contributed by atoms with Gasteiger partial charge < -0.3 is 9.84 Å². The van der Waals surface area contributed by atoms with E-state index in [1.165, 1.54) is 0 Å². The predicted octanol–water partition coefficient (Wildman–Crippen LogP) is 5.21. The Morgan fingerprint density at radius 3 is 2.41 bits per heavy atom. The minimum absolute atomic E-state index is 0.0607. The fourth-order valence-corrected chi connectivity index (χ4v) is 5.65. The van der Waals surface area contributed by atoms with Gasteiger partial charge in [-0.05, 0) is 43.0 Å². The number of rotatable bonds is 8. The van der Waals surface area contributed by atoms with Crippen molar-refractivity contribution in [3.63, 3.8) is 0 Å². The summed E-state index contributed by atoms with van der Waals surface area (Å²) in [7, 11) is 0. The van der Waals surface area contributed by atoms with E-state index in [0.717, 1.165) is 41.1 Å². The van der Waals surface area contributed by atoms with Crippen molar-refractivity contribution in [1.29, 1.82) is 5.26 Å². The molecule has 3 atom stereocenters. The summed E-state index contributed by atoms with van der Waals surface area (Å²) in [6, 6.07) is 17.9. The lowest BCUT2D eigenvalue weighted by Gasteiger charge is -2.39. The standard InChI is InChI=1S/C31H37N3O3/c1-5-9-28-27(16-23-12-14-24(15-13-23)26-11-8-7-10-25(26)19-32)30(35)34(29(6-2)33-28)20-31(36)17-21(3)37-22(4)18-31/h7-8,10-15,21-22,36H,5-6,9,16-18,20H2,1-4H3/t21-,22+,31-. The summed E-state index contributed by atoms with van der Waals surface area (Å²) in [6.07, 6.45) is 3.58. The number of benzene rings is 2. The summed E-state index contributed by atoms with van der Waals surface area (Å²) in [5.74, 6) is 0.723.